The van der Waals surface area contributed by atoms with Crippen LogP contribution < -0.4 is 0 Å². The average molecular weight is 346 g/mol. The summed E-state index contributed by atoms with van der Waals surface area (Å²) in [4.78, 5) is 12.1. The van der Waals surface area contributed by atoms with Crippen LogP contribution in [0.4, 0.5) is 0 Å². The van der Waals surface area contributed by atoms with Crippen LogP contribution in [0.25, 0.3) is 0 Å². The van der Waals surface area contributed by atoms with Crippen LogP contribution in [0.15, 0.2) is 55.1 Å². The van der Waals surface area contributed by atoms with E-state index >= 15 is 0 Å². The number of benzene rings is 1. The number of rotatable bonds is 11. The van der Waals surface area contributed by atoms with E-state index in [-0.39, 0.29) is 23.9 Å². The molecule has 0 aliphatic carbocycles. The van der Waals surface area contributed by atoms with E-state index in [0.717, 1.165) is 5.56 Å². The fraction of sp³-hybridized carbons (Fsp3) is 0.476. The van der Waals surface area contributed by atoms with Gasteiger partial charge in [-0.25, -0.2) is 4.79 Å². The molecule has 4 nitrogen and oxygen atoms in total. The van der Waals surface area contributed by atoms with Crippen molar-refractivity contribution < 1.29 is 19.0 Å². The highest BCUT2D eigenvalue weighted by atomic mass is 16.6. The highest BCUT2D eigenvalue weighted by Crippen LogP contribution is 2.19. The van der Waals surface area contributed by atoms with E-state index in [1.807, 2.05) is 63.3 Å². The number of hydrogen-bond donors (Lipinski definition) is 0. The van der Waals surface area contributed by atoms with Crippen molar-refractivity contribution in [2.75, 3.05) is 13.7 Å². The SMILES string of the molecule is C=C[C@@H](O[C@H](C(=O)OC)[C@H](C)/C=C/C)[C@H](C)COCc1ccccc1. The van der Waals surface area contributed by atoms with Crippen LogP contribution >= 0.6 is 0 Å². The predicted molar refractivity (Wildman–Crippen MR) is 100 cm³/mol. The zero-order valence-corrected chi connectivity index (χ0v) is 15.7. The topological polar surface area (TPSA) is 44.8 Å². The molecule has 0 aliphatic rings. The summed E-state index contributed by atoms with van der Waals surface area (Å²) in [7, 11) is 1.37. The zero-order chi connectivity index (χ0) is 18.7. The molecule has 0 unspecified atom stereocenters. The molecule has 4 heteroatoms. The van der Waals surface area contributed by atoms with Crippen LogP contribution in [0.3, 0.4) is 0 Å². The first-order valence-corrected chi connectivity index (χ1v) is 8.63. The Kier molecular flexibility index (Phi) is 9.81. The quantitative estimate of drug-likeness (QED) is 0.446. The summed E-state index contributed by atoms with van der Waals surface area (Å²) >= 11 is 0. The van der Waals surface area contributed by atoms with Crippen LogP contribution in [0.1, 0.15) is 26.3 Å². The number of allylic oxidation sites excluding steroid dienone is 1. The highest BCUT2D eigenvalue weighted by molar-refractivity contribution is 5.75. The van der Waals surface area contributed by atoms with Crippen LogP contribution in [0.5, 0.6) is 0 Å². The number of hydrogen-bond acceptors (Lipinski definition) is 4. The highest BCUT2D eigenvalue weighted by Gasteiger charge is 2.29. The van der Waals surface area contributed by atoms with Crippen molar-refractivity contribution >= 4 is 5.97 Å². The number of carbonyl (C=O) groups is 1. The van der Waals surface area contributed by atoms with Gasteiger partial charge >= 0.3 is 5.97 Å². The van der Waals surface area contributed by atoms with Crippen LogP contribution in [-0.4, -0.2) is 31.9 Å². The lowest BCUT2D eigenvalue weighted by molar-refractivity contribution is -0.161. The zero-order valence-electron chi connectivity index (χ0n) is 15.7. The molecule has 0 aromatic heterocycles. The minimum absolute atomic E-state index is 0.0613. The van der Waals surface area contributed by atoms with Gasteiger partial charge in [0.05, 0.1) is 26.4 Å². The molecule has 1 rings (SSSR count). The number of ether oxygens (including phenoxy) is 3. The van der Waals surface area contributed by atoms with E-state index in [0.29, 0.717) is 13.2 Å². The molecule has 1 aromatic carbocycles. The Hall–Kier alpha value is -1.91. The lowest BCUT2D eigenvalue weighted by Gasteiger charge is -2.28. The van der Waals surface area contributed by atoms with Gasteiger partial charge in [0.15, 0.2) is 6.10 Å². The maximum atomic E-state index is 12.1. The maximum Gasteiger partial charge on any atom is 0.335 e. The summed E-state index contributed by atoms with van der Waals surface area (Å²) in [5.74, 6) is -0.404. The van der Waals surface area contributed by atoms with Gasteiger partial charge in [-0.15, -0.1) is 6.58 Å². The summed E-state index contributed by atoms with van der Waals surface area (Å²) in [5.41, 5.74) is 1.12. The van der Waals surface area contributed by atoms with Crippen molar-refractivity contribution in [1.29, 1.82) is 0 Å². The van der Waals surface area contributed by atoms with E-state index in [9.17, 15) is 4.79 Å². The molecule has 0 aliphatic heterocycles. The van der Waals surface area contributed by atoms with E-state index in [4.69, 9.17) is 14.2 Å². The smallest absolute Gasteiger partial charge is 0.335 e. The first-order valence-electron chi connectivity index (χ1n) is 8.63. The van der Waals surface area contributed by atoms with E-state index in [1.54, 1.807) is 6.08 Å². The molecular weight excluding hydrogens is 316 g/mol. The van der Waals surface area contributed by atoms with Crippen molar-refractivity contribution in [3.8, 4) is 0 Å². The molecule has 0 fully saturated rings. The Morgan fingerprint density at radius 1 is 1.24 bits per heavy atom. The van der Waals surface area contributed by atoms with Crippen LogP contribution in [0, 0.1) is 11.8 Å². The molecule has 0 amide bonds. The second-order valence-electron chi connectivity index (χ2n) is 6.14. The predicted octanol–water partition coefficient (Wildman–Crippen LogP) is 4.16. The van der Waals surface area contributed by atoms with E-state index in [1.165, 1.54) is 7.11 Å². The molecule has 1 aromatic rings. The summed E-state index contributed by atoms with van der Waals surface area (Å²) in [6, 6.07) is 10.0. The van der Waals surface area contributed by atoms with Gasteiger partial charge in [0.25, 0.3) is 0 Å². The first kappa shape index (κ1) is 21.1. The van der Waals surface area contributed by atoms with E-state index < -0.39 is 6.10 Å². The largest absolute Gasteiger partial charge is 0.467 e. The van der Waals surface area contributed by atoms with Crippen molar-refractivity contribution in [3.63, 3.8) is 0 Å². The molecule has 4 atom stereocenters. The second kappa shape index (κ2) is 11.6. The summed E-state index contributed by atoms with van der Waals surface area (Å²) in [6.07, 6.45) is 4.58. The van der Waals surface area contributed by atoms with Gasteiger partial charge in [-0.1, -0.05) is 62.4 Å². The maximum absolute atomic E-state index is 12.1. The standard InChI is InChI=1S/C21H30O4/c1-6-11-16(3)20(21(22)23-5)25-19(7-2)17(4)14-24-15-18-12-9-8-10-13-18/h6-13,16-17,19-20H,2,14-15H2,1,3-5H3/b11-6+/t16-,17-,19-,20+/m1/s1. The van der Waals surface area contributed by atoms with Gasteiger partial charge in [0, 0.05) is 11.8 Å². The number of esters is 1. The Morgan fingerprint density at radius 3 is 2.48 bits per heavy atom. The molecule has 0 heterocycles. The molecule has 0 N–H and O–H groups in total. The lowest BCUT2D eigenvalue weighted by atomic mass is 10.0. The molecule has 0 radical (unpaired) electrons. The number of carbonyl (C=O) groups excluding carboxylic acids is 1. The van der Waals surface area contributed by atoms with Gasteiger partial charge in [-0.05, 0) is 12.5 Å². The Labute approximate surface area is 151 Å². The van der Waals surface area contributed by atoms with Crippen molar-refractivity contribution in [2.45, 2.75) is 39.6 Å². The molecule has 0 bridgehead atoms. The lowest BCUT2D eigenvalue weighted by Crippen LogP contribution is -2.37. The third-order valence-corrected chi connectivity index (χ3v) is 4.00. The van der Waals surface area contributed by atoms with Gasteiger partial charge in [-0.2, -0.15) is 0 Å². The summed E-state index contributed by atoms with van der Waals surface area (Å²) < 4.78 is 16.7. The molecular formula is C21H30O4. The van der Waals surface area contributed by atoms with E-state index in [2.05, 4.69) is 6.58 Å². The van der Waals surface area contributed by atoms with Crippen LogP contribution in [-0.2, 0) is 25.6 Å². The van der Waals surface area contributed by atoms with Gasteiger partial charge in [-0.3, -0.25) is 0 Å². The fourth-order valence-corrected chi connectivity index (χ4v) is 2.54. The minimum Gasteiger partial charge on any atom is -0.467 e. The molecule has 0 saturated carbocycles. The van der Waals surface area contributed by atoms with Crippen molar-refractivity contribution in [2.24, 2.45) is 11.8 Å². The summed E-state index contributed by atoms with van der Waals surface area (Å²) in [5, 5.41) is 0. The Balaban J connectivity index is 2.61. The van der Waals surface area contributed by atoms with Gasteiger partial charge in [0.1, 0.15) is 0 Å². The Bertz CT molecular complexity index is 538. The van der Waals surface area contributed by atoms with Crippen molar-refractivity contribution in [1.82, 2.24) is 0 Å². The fourth-order valence-electron chi connectivity index (χ4n) is 2.54. The minimum atomic E-state index is -0.666. The Morgan fingerprint density at radius 2 is 1.92 bits per heavy atom. The monoisotopic (exact) mass is 346 g/mol. The van der Waals surface area contributed by atoms with Gasteiger partial charge < -0.3 is 14.2 Å². The molecule has 0 spiro atoms. The number of methoxy groups -OCH3 is 1. The normalized spacial score (nSPS) is 16.2. The summed E-state index contributed by atoms with van der Waals surface area (Å²) in [6.45, 7) is 10.8. The average Bonchev–Trinajstić information content (AvgIpc) is 2.63. The third-order valence-electron chi connectivity index (χ3n) is 4.00. The molecule has 25 heavy (non-hydrogen) atoms. The van der Waals surface area contributed by atoms with Crippen molar-refractivity contribution in [3.05, 3.63) is 60.7 Å². The van der Waals surface area contributed by atoms with Crippen LogP contribution in [0.2, 0.25) is 0 Å². The second-order valence-corrected chi connectivity index (χ2v) is 6.14. The molecule has 0 saturated heterocycles. The molecule has 138 valence electrons. The first-order chi connectivity index (χ1) is 12.0. The third kappa shape index (κ3) is 7.24. The van der Waals surface area contributed by atoms with Gasteiger partial charge in [0.2, 0.25) is 0 Å².